The van der Waals surface area contributed by atoms with E-state index in [1.165, 1.54) is 19.3 Å². The topological polar surface area (TPSA) is 32.3 Å². The summed E-state index contributed by atoms with van der Waals surface area (Å²) in [4.78, 5) is 0. The highest BCUT2D eigenvalue weighted by Crippen LogP contribution is 2.37. The summed E-state index contributed by atoms with van der Waals surface area (Å²) in [5.74, 6) is 0. The molecule has 1 unspecified atom stereocenters. The van der Waals surface area contributed by atoms with Crippen LogP contribution < -0.4 is 5.32 Å². The summed E-state index contributed by atoms with van der Waals surface area (Å²) < 4.78 is 0. The molecule has 0 aromatic heterocycles. The summed E-state index contributed by atoms with van der Waals surface area (Å²) in [6, 6.07) is 0.643. The Morgan fingerprint density at radius 3 is 2.50 bits per heavy atom. The van der Waals surface area contributed by atoms with E-state index in [0.717, 1.165) is 13.0 Å². The Bertz CT molecular complexity index is 181. The minimum atomic E-state index is -0.532. The van der Waals surface area contributed by atoms with Gasteiger partial charge in [-0.2, -0.15) is 0 Å². The molecule has 0 aromatic rings. The van der Waals surface area contributed by atoms with E-state index in [2.05, 4.69) is 19.2 Å². The van der Waals surface area contributed by atoms with Gasteiger partial charge in [0.1, 0.15) is 0 Å². The molecule has 0 bridgehead atoms. The molecule has 0 radical (unpaired) electrons. The van der Waals surface area contributed by atoms with E-state index in [9.17, 15) is 5.11 Å². The van der Waals surface area contributed by atoms with Crippen molar-refractivity contribution in [1.29, 1.82) is 0 Å². The van der Waals surface area contributed by atoms with E-state index in [1.54, 1.807) is 0 Å². The molecule has 2 nitrogen and oxygen atoms in total. The second-order valence-electron chi connectivity index (χ2n) is 5.95. The smallest absolute Gasteiger partial charge is 0.0603 e. The molecule has 0 amide bonds. The van der Waals surface area contributed by atoms with E-state index in [-0.39, 0.29) is 0 Å². The van der Waals surface area contributed by atoms with Crippen molar-refractivity contribution in [3.63, 3.8) is 0 Å². The fraction of sp³-hybridized carbons (Fsp3) is 1.00. The molecule has 0 aliphatic heterocycles. The van der Waals surface area contributed by atoms with E-state index in [4.69, 9.17) is 0 Å². The molecule has 2 N–H and O–H groups in total. The SMILES string of the molecule is CC(C)(O)CCNC1CCCC1(C)C. The minimum Gasteiger partial charge on any atom is -0.390 e. The zero-order valence-electron chi connectivity index (χ0n) is 10.1. The van der Waals surface area contributed by atoms with E-state index in [1.807, 2.05) is 13.8 Å². The van der Waals surface area contributed by atoms with Crippen LogP contribution >= 0.6 is 0 Å². The molecular weight excluding hydrogens is 174 g/mol. The number of nitrogens with one attached hydrogen (secondary N) is 1. The first-order valence-electron chi connectivity index (χ1n) is 5.77. The maximum Gasteiger partial charge on any atom is 0.0603 e. The molecule has 14 heavy (non-hydrogen) atoms. The Labute approximate surface area is 88.1 Å². The molecule has 0 aromatic carbocycles. The van der Waals surface area contributed by atoms with Crippen LogP contribution in [-0.4, -0.2) is 23.3 Å². The molecule has 84 valence electrons. The third kappa shape index (κ3) is 3.58. The summed E-state index contributed by atoms with van der Waals surface area (Å²) in [7, 11) is 0. The monoisotopic (exact) mass is 199 g/mol. The summed E-state index contributed by atoms with van der Waals surface area (Å²) in [5, 5.41) is 13.2. The van der Waals surface area contributed by atoms with E-state index in [0.29, 0.717) is 11.5 Å². The fourth-order valence-corrected chi connectivity index (χ4v) is 2.26. The molecule has 1 saturated carbocycles. The van der Waals surface area contributed by atoms with Gasteiger partial charge in [-0.15, -0.1) is 0 Å². The van der Waals surface area contributed by atoms with Gasteiger partial charge < -0.3 is 10.4 Å². The summed E-state index contributed by atoms with van der Waals surface area (Å²) in [6.45, 7) is 9.34. The van der Waals surface area contributed by atoms with Crippen molar-refractivity contribution >= 4 is 0 Å². The lowest BCUT2D eigenvalue weighted by Gasteiger charge is -2.29. The molecule has 1 aliphatic carbocycles. The summed E-state index contributed by atoms with van der Waals surface area (Å²) >= 11 is 0. The molecule has 0 saturated heterocycles. The Morgan fingerprint density at radius 2 is 2.07 bits per heavy atom. The van der Waals surface area contributed by atoms with Crippen LogP contribution in [0.5, 0.6) is 0 Å². The summed E-state index contributed by atoms with van der Waals surface area (Å²) in [5.41, 5.74) is -0.0880. The largest absolute Gasteiger partial charge is 0.390 e. The first kappa shape index (κ1) is 12.0. The minimum absolute atomic E-state index is 0.444. The quantitative estimate of drug-likeness (QED) is 0.728. The fourth-order valence-electron chi connectivity index (χ4n) is 2.26. The van der Waals surface area contributed by atoms with Crippen LogP contribution in [0.4, 0.5) is 0 Å². The van der Waals surface area contributed by atoms with Crippen molar-refractivity contribution in [3.8, 4) is 0 Å². The van der Waals surface area contributed by atoms with Crippen LogP contribution in [0.2, 0.25) is 0 Å². The standard InChI is InChI=1S/C12H25NO/c1-11(2)7-5-6-10(11)13-9-8-12(3,4)14/h10,13-14H,5-9H2,1-4H3. The lowest BCUT2D eigenvalue weighted by Crippen LogP contribution is -2.40. The lowest BCUT2D eigenvalue weighted by atomic mass is 9.87. The van der Waals surface area contributed by atoms with Gasteiger partial charge in [0.05, 0.1) is 5.60 Å². The second-order valence-corrected chi connectivity index (χ2v) is 5.95. The van der Waals surface area contributed by atoms with Crippen LogP contribution in [0.25, 0.3) is 0 Å². The van der Waals surface area contributed by atoms with Crippen molar-refractivity contribution < 1.29 is 5.11 Å². The Hall–Kier alpha value is -0.0800. The van der Waals surface area contributed by atoms with Crippen molar-refractivity contribution in [1.82, 2.24) is 5.32 Å². The van der Waals surface area contributed by atoms with Gasteiger partial charge in [0.25, 0.3) is 0 Å². The van der Waals surface area contributed by atoms with E-state index >= 15 is 0 Å². The Morgan fingerprint density at radius 1 is 1.43 bits per heavy atom. The highest BCUT2D eigenvalue weighted by Gasteiger charge is 2.33. The van der Waals surface area contributed by atoms with Crippen LogP contribution in [-0.2, 0) is 0 Å². The second kappa shape index (κ2) is 4.19. The molecule has 1 atom stereocenters. The van der Waals surface area contributed by atoms with Crippen molar-refractivity contribution in [2.45, 2.75) is 65.0 Å². The lowest BCUT2D eigenvalue weighted by molar-refractivity contribution is 0.0689. The number of hydrogen-bond acceptors (Lipinski definition) is 2. The van der Waals surface area contributed by atoms with Gasteiger partial charge in [-0.05, 0) is 45.1 Å². The van der Waals surface area contributed by atoms with Crippen LogP contribution in [0.3, 0.4) is 0 Å². The van der Waals surface area contributed by atoms with Gasteiger partial charge in [-0.25, -0.2) is 0 Å². The molecule has 1 aliphatic rings. The molecule has 1 rings (SSSR count). The van der Waals surface area contributed by atoms with Crippen molar-refractivity contribution in [2.24, 2.45) is 5.41 Å². The van der Waals surface area contributed by atoms with Gasteiger partial charge in [0.2, 0.25) is 0 Å². The zero-order valence-corrected chi connectivity index (χ0v) is 10.1. The highest BCUT2D eigenvalue weighted by molar-refractivity contribution is 4.90. The highest BCUT2D eigenvalue weighted by atomic mass is 16.3. The van der Waals surface area contributed by atoms with Gasteiger partial charge in [0.15, 0.2) is 0 Å². The van der Waals surface area contributed by atoms with Crippen molar-refractivity contribution in [2.75, 3.05) is 6.54 Å². The predicted octanol–water partition coefficient (Wildman–Crippen LogP) is 2.32. The van der Waals surface area contributed by atoms with Crippen LogP contribution in [0.15, 0.2) is 0 Å². The van der Waals surface area contributed by atoms with Crippen molar-refractivity contribution in [3.05, 3.63) is 0 Å². The van der Waals surface area contributed by atoms with E-state index < -0.39 is 5.60 Å². The number of hydrogen-bond donors (Lipinski definition) is 2. The molecule has 1 fully saturated rings. The summed E-state index contributed by atoms with van der Waals surface area (Å²) in [6.07, 6.45) is 4.79. The van der Waals surface area contributed by atoms with Gasteiger partial charge >= 0.3 is 0 Å². The third-order valence-corrected chi connectivity index (χ3v) is 3.38. The molecule has 0 spiro atoms. The maximum atomic E-state index is 9.58. The third-order valence-electron chi connectivity index (χ3n) is 3.38. The Kier molecular flexibility index (Phi) is 3.59. The molecular formula is C12H25NO. The predicted molar refractivity (Wildman–Crippen MR) is 60.3 cm³/mol. The number of aliphatic hydroxyl groups is 1. The normalized spacial score (nSPS) is 26.8. The molecule has 2 heteroatoms. The van der Waals surface area contributed by atoms with Crippen LogP contribution in [0, 0.1) is 5.41 Å². The van der Waals surface area contributed by atoms with Gasteiger partial charge in [0, 0.05) is 6.04 Å². The first-order valence-corrected chi connectivity index (χ1v) is 5.77. The average Bonchev–Trinajstić information content (AvgIpc) is 2.28. The number of rotatable bonds is 4. The molecule has 0 heterocycles. The average molecular weight is 199 g/mol. The Balaban J connectivity index is 2.25. The van der Waals surface area contributed by atoms with Gasteiger partial charge in [-0.3, -0.25) is 0 Å². The maximum absolute atomic E-state index is 9.58. The first-order chi connectivity index (χ1) is 6.31. The van der Waals surface area contributed by atoms with Gasteiger partial charge in [-0.1, -0.05) is 20.3 Å². The van der Waals surface area contributed by atoms with Crippen LogP contribution in [0.1, 0.15) is 53.4 Å². The zero-order chi connectivity index (χ0) is 10.8.